The lowest BCUT2D eigenvalue weighted by atomic mass is 10.1. The van der Waals surface area contributed by atoms with Gasteiger partial charge in [0.15, 0.2) is 0 Å². The minimum atomic E-state index is -4.65. The Kier molecular flexibility index (Phi) is 5.03. The Morgan fingerprint density at radius 2 is 1.70 bits per heavy atom. The number of alkyl halides is 3. The zero-order valence-electron chi connectivity index (χ0n) is 11.9. The van der Waals surface area contributed by atoms with Gasteiger partial charge in [-0.25, -0.2) is 13.1 Å². The van der Waals surface area contributed by atoms with Crippen molar-refractivity contribution in [3.63, 3.8) is 0 Å². The summed E-state index contributed by atoms with van der Waals surface area (Å²) < 4.78 is 65.3. The van der Waals surface area contributed by atoms with Crippen LogP contribution in [0.15, 0.2) is 53.4 Å². The molecule has 1 N–H and O–H groups in total. The molecule has 1 atom stereocenters. The maximum absolute atomic E-state index is 12.8. The summed E-state index contributed by atoms with van der Waals surface area (Å²) in [5.41, 5.74) is -0.395. The van der Waals surface area contributed by atoms with E-state index in [1.54, 1.807) is 37.3 Å². The molecular formula is C15H13ClF3NO2S. The number of rotatable bonds is 4. The minimum Gasteiger partial charge on any atom is -0.207 e. The number of benzene rings is 2. The third-order valence-corrected chi connectivity index (χ3v) is 5.20. The van der Waals surface area contributed by atoms with Crippen molar-refractivity contribution in [2.75, 3.05) is 0 Å². The molecule has 0 heterocycles. The smallest absolute Gasteiger partial charge is 0.207 e. The van der Waals surface area contributed by atoms with Gasteiger partial charge in [-0.2, -0.15) is 13.2 Å². The molecule has 124 valence electrons. The molecule has 2 rings (SSSR count). The molecular weight excluding hydrogens is 351 g/mol. The summed E-state index contributed by atoms with van der Waals surface area (Å²) in [5.74, 6) is 0. The Balaban J connectivity index is 2.36. The fourth-order valence-corrected chi connectivity index (χ4v) is 3.75. The van der Waals surface area contributed by atoms with Crippen LogP contribution >= 0.6 is 11.6 Å². The van der Waals surface area contributed by atoms with E-state index in [0.29, 0.717) is 11.6 Å². The second kappa shape index (κ2) is 6.51. The van der Waals surface area contributed by atoms with Gasteiger partial charge in [0.1, 0.15) is 4.90 Å². The molecule has 0 radical (unpaired) electrons. The van der Waals surface area contributed by atoms with Gasteiger partial charge in [-0.3, -0.25) is 0 Å². The van der Waals surface area contributed by atoms with Gasteiger partial charge in [0.25, 0.3) is 0 Å². The van der Waals surface area contributed by atoms with Crippen molar-refractivity contribution in [1.29, 1.82) is 0 Å². The standard InChI is InChI=1S/C15H13ClF3NO2S/c1-10(11-5-3-2-4-6-11)20-23(21,22)14-9-12(15(17,18)19)7-8-13(14)16/h2-10,20H,1H3. The van der Waals surface area contributed by atoms with Gasteiger partial charge in [0, 0.05) is 6.04 Å². The van der Waals surface area contributed by atoms with Crippen molar-refractivity contribution in [2.45, 2.75) is 24.0 Å². The minimum absolute atomic E-state index is 0.272. The number of sulfonamides is 1. The Labute approximate surface area is 137 Å². The second-order valence-electron chi connectivity index (χ2n) is 4.90. The maximum atomic E-state index is 12.8. The molecule has 0 fully saturated rings. The van der Waals surface area contributed by atoms with E-state index in [4.69, 9.17) is 11.6 Å². The van der Waals surface area contributed by atoms with Gasteiger partial charge in [0.2, 0.25) is 10.0 Å². The lowest BCUT2D eigenvalue weighted by molar-refractivity contribution is -0.137. The molecule has 0 aromatic heterocycles. The zero-order valence-corrected chi connectivity index (χ0v) is 13.5. The number of hydrogen-bond donors (Lipinski definition) is 1. The van der Waals surface area contributed by atoms with Gasteiger partial charge < -0.3 is 0 Å². The third-order valence-electron chi connectivity index (χ3n) is 3.18. The highest BCUT2D eigenvalue weighted by Crippen LogP contribution is 2.33. The summed E-state index contributed by atoms with van der Waals surface area (Å²) in [6, 6.07) is 10.2. The van der Waals surface area contributed by atoms with E-state index >= 15 is 0 Å². The molecule has 2 aromatic carbocycles. The van der Waals surface area contributed by atoms with Gasteiger partial charge in [-0.15, -0.1) is 0 Å². The lowest BCUT2D eigenvalue weighted by Crippen LogP contribution is -2.27. The van der Waals surface area contributed by atoms with Crippen LogP contribution in [0.4, 0.5) is 13.2 Å². The first-order valence-corrected chi connectivity index (χ1v) is 8.41. The summed E-state index contributed by atoms with van der Waals surface area (Å²) in [7, 11) is -4.20. The molecule has 0 aliphatic heterocycles. The van der Waals surface area contributed by atoms with Gasteiger partial charge in [-0.1, -0.05) is 41.9 Å². The van der Waals surface area contributed by atoms with E-state index < -0.39 is 32.7 Å². The Bertz CT molecular complexity index is 792. The summed E-state index contributed by atoms with van der Waals surface area (Å²) in [4.78, 5) is -0.600. The maximum Gasteiger partial charge on any atom is 0.416 e. The molecule has 0 saturated carbocycles. The van der Waals surface area contributed by atoms with Crippen LogP contribution < -0.4 is 4.72 Å². The predicted octanol–water partition coefficient (Wildman–Crippen LogP) is 4.40. The van der Waals surface area contributed by atoms with E-state index in [9.17, 15) is 21.6 Å². The summed E-state index contributed by atoms with van der Waals surface area (Å²) >= 11 is 5.77. The van der Waals surface area contributed by atoms with E-state index in [2.05, 4.69) is 4.72 Å². The van der Waals surface area contributed by atoms with Gasteiger partial charge in [-0.05, 0) is 30.7 Å². The van der Waals surface area contributed by atoms with Crippen LogP contribution in [0.3, 0.4) is 0 Å². The molecule has 1 unspecified atom stereocenters. The first-order valence-electron chi connectivity index (χ1n) is 6.55. The average Bonchev–Trinajstić information content (AvgIpc) is 2.46. The quantitative estimate of drug-likeness (QED) is 0.875. The first kappa shape index (κ1) is 17.8. The fraction of sp³-hybridized carbons (Fsp3) is 0.200. The van der Waals surface area contributed by atoms with Crippen LogP contribution in [-0.4, -0.2) is 8.42 Å². The molecule has 0 amide bonds. The highest BCUT2D eigenvalue weighted by molar-refractivity contribution is 7.89. The summed E-state index contributed by atoms with van der Waals surface area (Å²) in [5, 5.41) is -0.272. The molecule has 3 nitrogen and oxygen atoms in total. The monoisotopic (exact) mass is 363 g/mol. The number of nitrogens with one attached hydrogen (secondary N) is 1. The van der Waals surface area contributed by atoms with Crippen molar-refractivity contribution < 1.29 is 21.6 Å². The van der Waals surface area contributed by atoms with E-state index in [0.717, 1.165) is 12.1 Å². The average molecular weight is 364 g/mol. The normalized spacial score (nSPS) is 13.8. The highest BCUT2D eigenvalue weighted by atomic mass is 35.5. The van der Waals surface area contributed by atoms with Crippen LogP contribution in [0.25, 0.3) is 0 Å². The number of halogens is 4. The van der Waals surface area contributed by atoms with Crippen molar-refractivity contribution >= 4 is 21.6 Å². The predicted molar refractivity (Wildman–Crippen MR) is 81.6 cm³/mol. The molecule has 0 spiro atoms. The SMILES string of the molecule is CC(NS(=O)(=O)c1cc(C(F)(F)F)ccc1Cl)c1ccccc1. The topological polar surface area (TPSA) is 46.2 Å². The van der Waals surface area contributed by atoms with Crippen molar-refractivity contribution in [3.8, 4) is 0 Å². The van der Waals surface area contributed by atoms with Gasteiger partial charge in [0.05, 0.1) is 10.6 Å². The lowest BCUT2D eigenvalue weighted by Gasteiger charge is -2.16. The fourth-order valence-electron chi connectivity index (χ4n) is 1.99. The molecule has 0 saturated heterocycles. The molecule has 0 aliphatic carbocycles. The zero-order chi connectivity index (χ0) is 17.3. The molecule has 0 aliphatic rings. The van der Waals surface area contributed by atoms with E-state index in [1.807, 2.05) is 0 Å². The molecule has 23 heavy (non-hydrogen) atoms. The van der Waals surface area contributed by atoms with Crippen molar-refractivity contribution in [2.24, 2.45) is 0 Å². The second-order valence-corrected chi connectivity index (χ2v) is 6.99. The largest absolute Gasteiger partial charge is 0.416 e. The van der Waals surface area contributed by atoms with Crippen LogP contribution in [0.2, 0.25) is 5.02 Å². The van der Waals surface area contributed by atoms with E-state index in [-0.39, 0.29) is 5.02 Å². The molecule has 2 aromatic rings. The van der Waals surface area contributed by atoms with Crippen LogP contribution in [0.5, 0.6) is 0 Å². The summed E-state index contributed by atoms with van der Waals surface area (Å²) in [6.45, 7) is 1.59. The first-order chi connectivity index (χ1) is 10.6. The van der Waals surface area contributed by atoms with Crippen LogP contribution in [0.1, 0.15) is 24.1 Å². The van der Waals surface area contributed by atoms with Crippen LogP contribution in [0, 0.1) is 0 Å². The number of hydrogen-bond acceptors (Lipinski definition) is 2. The summed E-state index contributed by atoms with van der Waals surface area (Å²) in [6.07, 6.45) is -4.65. The van der Waals surface area contributed by atoms with Crippen LogP contribution in [-0.2, 0) is 16.2 Å². The third kappa shape index (κ3) is 4.25. The van der Waals surface area contributed by atoms with Crippen molar-refractivity contribution in [1.82, 2.24) is 4.72 Å². The molecule has 0 bridgehead atoms. The molecule has 8 heteroatoms. The van der Waals surface area contributed by atoms with Crippen molar-refractivity contribution in [3.05, 3.63) is 64.7 Å². The Morgan fingerprint density at radius 3 is 2.26 bits per heavy atom. The Morgan fingerprint density at radius 1 is 1.09 bits per heavy atom. The Hall–Kier alpha value is -1.57. The van der Waals surface area contributed by atoms with Gasteiger partial charge >= 0.3 is 6.18 Å². The van der Waals surface area contributed by atoms with E-state index in [1.165, 1.54) is 0 Å². The highest BCUT2D eigenvalue weighted by Gasteiger charge is 2.33.